The highest BCUT2D eigenvalue weighted by molar-refractivity contribution is 9.10. The normalized spacial score (nSPS) is 12.9. The summed E-state index contributed by atoms with van der Waals surface area (Å²) in [6.07, 6.45) is 0. The summed E-state index contributed by atoms with van der Waals surface area (Å²) < 4.78 is 59.7. The van der Waals surface area contributed by atoms with Crippen LogP contribution in [0.3, 0.4) is 0 Å². The fourth-order valence-electron chi connectivity index (χ4n) is 2.07. The minimum absolute atomic E-state index is 0.0453. The average molecular weight is 406 g/mol. The van der Waals surface area contributed by atoms with Gasteiger partial charge in [-0.05, 0) is 31.2 Å². The molecule has 0 radical (unpaired) electrons. The Morgan fingerprint density at radius 1 is 1.17 bits per heavy atom. The Bertz CT molecular complexity index is 827. The number of ether oxygens (including phenoxy) is 1. The van der Waals surface area contributed by atoms with E-state index in [2.05, 4.69) is 20.7 Å². The molecule has 0 aliphatic carbocycles. The van der Waals surface area contributed by atoms with Crippen LogP contribution in [0, 0.1) is 11.6 Å². The molecule has 0 amide bonds. The van der Waals surface area contributed by atoms with Crippen LogP contribution in [-0.4, -0.2) is 15.5 Å². The van der Waals surface area contributed by atoms with E-state index in [0.717, 1.165) is 6.07 Å². The van der Waals surface area contributed by atoms with E-state index in [1.807, 2.05) is 0 Å². The van der Waals surface area contributed by atoms with Gasteiger partial charge in [-0.3, -0.25) is 0 Å². The highest BCUT2D eigenvalue weighted by Gasteiger charge is 2.24. The second-order valence-corrected chi connectivity index (χ2v) is 7.40. The molecule has 0 aromatic heterocycles. The van der Waals surface area contributed by atoms with E-state index < -0.39 is 27.7 Å². The maximum absolute atomic E-state index is 13.8. The van der Waals surface area contributed by atoms with Crippen LogP contribution in [0.2, 0.25) is 0 Å². The summed E-state index contributed by atoms with van der Waals surface area (Å²) in [5.74, 6) is -1.39. The van der Waals surface area contributed by atoms with Gasteiger partial charge in [-0.25, -0.2) is 21.9 Å². The Balaban J connectivity index is 2.36. The van der Waals surface area contributed by atoms with Crippen molar-refractivity contribution < 1.29 is 21.9 Å². The highest BCUT2D eigenvalue weighted by atomic mass is 79.9. The summed E-state index contributed by atoms with van der Waals surface area (Å²) >= 11 is 3.20. The number of hydrogen-bond donors (Lipinski definition) is 1. The maximum Gasteiger partial charge on any atom is 0.244 e. The third-order valence-corrected chi connectivity index (χ3v) is 5.23. The predicted molar refractivity (Wildman–Crippen MR) is 85.8 cm³/mol. The van der Waals surface area contributed by atoms with Gasteiger partial charge < -0.3 is 4.74 Å². The first kappa shape index (κ1) is 17.8. The van der Waals surface area contributed by atoms with Crippen molar-refractivity contribution in [2.75, 3.05) is 7.11 Å². The number of methoxy groups -OCH3 is 1. The summed E-state index contributed by atoms with van der Waals surface area (Å²) in [5, 5.41) is 0. The second kappa shape index (κ2) is 6.94. The number of benzene rings is 2. The van der Waals surface area contributed by atoms with Crippen LogP contribution in [0.5, 0.6) is 5.75 Å². The van der Waals surface area contributed by atoms with E-state index in [4.69, 9.17) is 4.74 Å². The monoisotopic (exact) mass is 405 g/mol. The predicted octanol–water partition coefficient (Wildman–Crippen LogP) is 3.78. The molecule has 0 saturated carbocycles. The first-order valence-electron chi connectivity index (χ1n) is 6.55. The standard InChI is InChI=1S/C15H14BrF2NO3S/c1-9(12-5-4-11(17)8-13(12)18)19-23(20,21)15-7-10(16)3-6-14(15)22-2/h3-9,19H,1-2H3. The molecule has 1 N–H and O–H groups in total. The van der Waals surface area contributed by atoms with E-state index in [1.165, 1.54) is 32.2 Å². The fourth-order valence-corrected chi connectivity index (χ4v) is 4.00. The third-order valence-electron chi connectivity index (χ3n) is 3.18. The molecule has 8 heteroatoms. The molecular formula is C15H14BrF2NO3S. The van der Waals surface area contributed by atoms with Gasteiger partial charge in [0.2, 0.25) is 10.0 Å². The lowest BCUT2D eigenvalue weighted by Crippen LogP contribution is -2.28. The minimum atomic E-state index is -3.97. The van der Waals surface area contributed by atoms with Crippen molar-refractivity contribution >= 4 is 26.0 Å². The van der Waals surface area contributed by atoms with E-state index in [1.54, 1.807) is 6.07 Å². The highest BCUT2D eigenvalue weighted by Crippen LogP contribution is 2.29. The molecule has 2 aromatic rings. The molecule has 0 aliphatic rings. The van der Waals surface area contributed by atoms with Crippen LogP contribution in [0.25, 0.3) is 0 Å². The molecule has 0 heterocycles. The van der Waals surface area contributed by atoms with Crippen molar-refractivity contribution in [2.24, 2.45) is 0 Å². The lowest BCUT2D eigenvalue weighted by molar-refractivity contribution is 0.402. The number of rotatable bonds is 5. The Morgan fingerprint density at radius 3 is 2.48 bits per heavy atom. The molecule has 0 aliphatic heterocycles. The van der Waals surface area contributed by atoms with Crippen molar-refractivity contribution in [1.82, 2.24) is 4.72 Å². The Hall–Kier alpha value is -1.51. The third kappa shape index (κ3) is 4.07. The lowest BCUT2D eigenvalue weighted by Gasteiger charge is -2.17. The van der Waals surface area contributed by atoms with Crippen LogP contribution >= 0.6 is 15.9 Å². The SMILES string of the molecule is COc1ccc(Br)cc1S(=O)(=O)NC(C)c1ccc(F)cc1F. The van der Waals surface area contributed by atoms with Crippen LogP contribution < -0.4 is 9.46 Å². The molecule has 1 atom stereocenters. The average Bonchev–Trinajstić information content (AvgIpc) is 2.46. The van der Waals surface area contributed by atoms with Crippen molar-refractivity contribution in [3.05, 3.63) is 58.1 Å². The van der Waals surface area contributed by atoms with Crippen LogP contribution in [0.15, 0.2) is 45.8 Å². The summed E-state index contributed by atoms with van der Waals surface area (Å²) in [6.45, 7) is 1.47. The molecule has 0 bridgehead atoms. The molecule has 124 valence electrons. The van der Waals surface area contributed by atoms with Crippen LogP contribution in [0.4, 0.5) is 8.78 Å². The topological polar surface area (TPSA) is 55.4 Å². The first-order chi connectivity index (χ1) is 10.7. The molecule has 0 saturated heterocycles. The second-order valence-electron chi connectivity index (χ2n) is 4.80. The Labute approximate surface area is 141 Å². The fraction of sp³-hybridized carbons (Fsp3) is 0.200. The van der Waals surface area contributed by atoms with Gasteiger partial charge in [-0.1, -0.05) is 22.0 Å². The molecule has 1 unspecified atom stereocenters. The Morgan fingerprint density at radius 2 is 1.87 bits per heavy atom. The number of nitrogens with one attached hydrogen (secondary N) is 1. The molecular weight excluding hydrogens is 392 g/mol. The van der Waals surface area contributed by atoms with Crippen LogP contribution in [0.1, 0.15) is 18.5 Å². The number of sulfonamides is 1. The van der Waals surface area contributed by atoms with Gasteiger partial charge in [-0.15, -0.1) is 0 Å². The summed E-state index contributed by atoms with van der Waals surface area (Å²) in [5.41, 5.74) is 0.0453. The molecule has 2 aromatic carbocycles. The summed E-state index contributed by atoms with van der Waals surface area (Å²) in [4.78, 5) is -0.0799. The zero-order valence-electron chi connectivity index (χ0n) is 12.3. The molecule has 0 fully saturated rings. The van der Waals surface area contributed by atoms with Crippen molar-refractivity contribution in [3.63, 3.8) is 0 Å². The molecule has 23 heavy (non-hydrogen) atoms. The van der Waals surface area contributed by atoms with E-state index in [-0.39, 0.29) is 16.2 Å². The van der Waals surface area contributed by atoms with Crippen molar-refractivity contribution in [1.29, 1.82) is 0 Å². The van der Waals surface area contributed by atoms with Crippen LogP contribution in [-0.2, 0) is 10.0 Å². The Kier molecular flexibility index (Phi) is 5.38. The quantitative estimate of drug-likeness (QED) is 0.823. The number of halogens is 3. The maximum atomic E-state index is 13.8. The smallest absolute Gasteiger partial charge is 0.244 e. The first-order valence-corrected chi connectivity index (χ1v) is 8.83. The molecule has 2 rings (SSSR count). The summed E-state index contributed by atoms with van der Waals surface area (Å²) in [7, 11) is -2.61. The van der Waals surface area contributed by atoms with E-state index in [0.29, 0.717) is 10.5 Å². The van der Waals surface area contributed by atoms with Gasteiger partial charge in [-0.2, -0.15) is 0 Å². The van der Waals surface area contributed by atoms with Crippen molar-refractivity contribution in [3.8, 4) is 5.75 Å². The summed E-state index contributed by atoms with van der Waals surface area (Å²) in [6, 6.07) is 6.63. The van der Waals surface area contributed by atoms with Crippen molar-refractivity contribution in [2.45, 2.75) is 17.9 Å². The van der Waals surface area contributed by atoms with Gasteiger partial charge in [0, 0.05) is 22.1 Å². The van der Waals surface area contributed by atoms with Gasteiger partial charge >= 0.3 is 0 Å². The van der Waals surface area contributed by atoms with Gasteiger partial charge in [0.05, 0.1) is 7.11 Å². The zero-order valence-corrected chi connectivity index (χ0v) is 14.7. The minimum Gasteiger partial charge on any atom is -0.495 e. The van der Waals surface area contributed by atoms with E-state index in [9.17, 15) is 17.2 Å². The van der Waals surface area contributed by atoms with Gasteiger partial charge in [0.1, 0.15) is 22.3 Å². The van der Waals surface area contributed by atoms with Gasteiger partial charge in [0.25, 0.3) is 0 Å². The largest absolute Gasteiger partial charge is 0.495 e. The van der Waals surface area contributed by atoms with E-state index >= 15 is 0 Å². The van der Waals surface area contributed by atoms with Gasteiger partial charge in [0.15, 0.2) is 0 Å². The lowest BCUT2D eigenvalue weighted by atomic mass is 10.1. The number of hydrogen-bond acceptors (Lipinski definition) is 3. The molecule has 0 spiro atoms. The molecule has 4 nitrogen and oxygen atoms in total. The zero-order chi connectivity index (χ0) is 17.2.